The molecule has 0 heterocycles. The van der Waals surface area contributed by atoms with Crippen LogP contribution >= 0.6 is 0 Å². The van der Waals surface area contributed by atoms with Crippen LogP contribution in [0.4, 0.5) is 0 Å². The first kappa shape index (κ1) is 18.5. The third-order valence-electron chi connectivity index (χ3n) is 3.74. The Kier molecular flexibility index (Phi) is 6.54. The van der Waals surface area contributed by atoms with Gasteiger partial charge in [0.25, 0.3) is 5.91 Å². The van der Waals surface area contributed by atoms with E-state index in [2.05, 4.69) is 5.32 Å². The quantitative estimate of drug-likeness (QED) is 0.747. The second-order valence-electron chi connectivity index (χ2n) is 5.45. The highest BCUT2D eigenvalue weighted by atomic mass is 16.5. The summed E-state index contributed by atoms with van der Waals surface area (Å²) >= 11 is 0. The molecule has 0 aliphatic carbocycles. The third-order valence-corrected chi connectivity index (χ3v) is 3.74. The van der Waals surface area contributed by atoms with Crippen LogP contribution in [0.15, 0.2) is 54.6 Å². The van der Waals surface area contributed by atoms with Gasteiger partial charge in [0, 0.05) is 6.42 Å². The van der Waals surface area contributed by atoms with Crippen LogP contribution in [-0.4, -0.2) is 37.2 Å². The molecule has 0 unspecified atom stereocenters. The minimum Gasteiger partial charge on any atom is -0.497 e. The van der Waals surface area contributed by atoms with Gasteiger partial charge in [-0.1, -0.05) is 42.5 Å². The molecule has 2 rings (SSSR count). The van der Waals surface area contributed by atoms with Crippen LogP contribution in [0.2, 0.25) is 0 Å². The summed E-state index contributed by atoms with van der Waals surface area (Å²) in [6.07, 6.45) is -1.14. The Morgan fingerprint density at radius 1 is 1.08 bits per heavy atom. The SMILES string of the molecule is COC(=O)[C@H](Cc1cccc(OC)c1)NC(=O)[C@@H](O)c1ccccc1. The molecular weight excluding hydrogens is 322 g/mol. The largest absolute Gasteiger partial charge is 0.497 e. The van der Waals surface area contributed by atoms with Crippen molar-refractivity contribution >= 4 is 11.9 Å². The van der Waals surface area contributed by atoms with Crippen LogP contribution in [0.5, 0.6) is 5.75 Å². The lowest BCUT2D eigenvalue weighted by atomic mass is 10.0. The first-order chi connectivity index (χ1) is 12.0. The van der Waals surface area contributed by atoms with Crippen LogP contribution in [0.1, 0.15) is 17.2 Å². The highest BCUT2D eigenvalue weighted by Gasteiger charge is 2.26. The van der Waals surface area contributed by atoms with Crippen LogP contribution < -0.4 is 10.1 Å². The van der Waals surface area contributed by atoms with Gasteiger partial charge in [0.15, 0.2) is 6.10 Å². The number of carbonyl (C=O) groups excluding carboxylic acids is 2. The summed E-state index contributed by atoms with van der Waals surface area (Å²) in [4.78, 5) is 24.3. The number of amides is 1. The van der Waals surface area contributed by atoms with E-state index in [0.717, 1.165) is 5.56 Å². The first-order valence-electron chi connectivity index (χ1n) is 7.79. The molecule has 0 aliphatic rings. The molecule has 0 spiro atoms. The molecule has 2 aromatic rings. The Labute approximate surface area is 146 Å². The summed E-state index contributed by atoms with van der Waals surface area (Å²) in [5, 5.41) is 12.7. The number of ether oxygens (including phenoxy) is 2. The van der Waals surface area contributed by atoms with Gasteiger partial charge in [-0.3, -0.25) is 4.79 Å². The Morgan fingerprint density at radius 2 is 1.80 bits per heavy atom. The van der Waals surface area contributed by atoms with Gasteiger partial charge >= 0.3 is 5.97 Å². The molecule has 0 fully saturated rings. The smallest absolute Gasteiger partial charge is 0.328 e. The van der Waals surface area contributed by atoms with Crippen LogP contribution in [-0.2, 0) is 20.7 Å². The number of benzene rings is 2. The summed E-state index contributed by atoms with van der Waals surface area (Å²) in [5.74, 6) is -0.599. The molecule has 0 saturated carbocycles. The average molecular weight is 343 g/mol. The molecule has 1 amide bonds. The molecule has 6 heteroatoms. The number of rotatable bonds is 7. The van der Waals surface area contributed by atoms with Gasteiger partial charge in [0.1, 0.15) is 11.8 Å². The number of aliphatic hydroxyl groups is 1. The first-order valence-corrected chi connectivity index (χ1v) is 7.79. The van der Waals surface area contributed by atoms with Crippen molar-refractivity contribution in [2.45, 2.75) is 18.6 Å². The number of aliphatic hydroxyl groups excluding tert-OH is 1. The molecule has 0 bridgehead atoms. The lowest BCUT2D eigenvalue weighted by molar-refractivity contribution is -0.146. The summed E-state index contributed by atoms with van der Waals surface area (Å²) in [5.41, 5.74) is 1.24. The molecule has 2 aromatic carbocycles. The minimum absolute atomic E-state index is 0.219. The Hall–Kier alpha value is -2.86. The van der Waals surface area contributed by atoms with Gasteiger partial charge in [0.05, 0.1) is 14.2 Å². The summed E-state index contributed by atoms with van der Waals surface area (Å²) in [6.45, 7) is 0. The normalized spacial score (nSPS) is 12.8. The Morgan fingerprint density at radius 3 is 2.44 bits per heavy atom. The number of methoxy groups -OCH3 is 2. The van der Waals surface area contributed by atoms with Gasteiger partial charge < -0.3 is 19.9 Å². The van der Waals surface area contributed by atoms with Gasteiger partial charge in [-0.25, -0.2) is 4.79 Å². The fourth-order valence-corrected chi connectivity index (χ4v) is 2.41. The molecule has 2 atom stereocenters. The fraction of sp³-hybridized carbons (Fsp3) is 0.263. The second kappa shape index (κ2) is 8.84. The molecule has 0 aromatic heterocycles. The Bertz CT molecular complexity index is 717. The standard InChI is InChI=1S/C19H21NO5/c1-24-15-10-6-7-13(11-15)12-16(19(23)25-2)20-18(22)17(21)14-8-4-3-5-9-14/h3-11,16-17,21H,12H2,1-2H3,(H,20,22)/t16-,17-/m0/s1. The lowest BCUT2D eigenvalue weighted by Crippen LogP contribution is -2.45. The van der Waals surface area contributed by atoms with Crippen molar-refractivity contribution in [3.63, 3.8) is 0 Å². The monoisotopic (exact) mass is 343 g/mol. The van der Waals surface area contributed by atoms with Crippen molar-refractivity contribution < 1.29 is 24.2 Å². The number of hydrogen-bond acceptors (Lipinski definition) is 5. The van der Waals surface area contributed by atoms with E-state index in [9.17, 15) is 14.7 Å². The molecule has 2 N–H and O–H groups in total. The van der Waals surface area contributed by atoms with E-state index < -0.39 is 24.0 Å². The van der Waals surface area contributed by atoms with E-state index in [1.807, 2.05) is 6.07 Å². The van der Waals surface area contributed by atoms with Crippen LogP contribution in [0, 0.1) is 0 Å². The molecular formula is C19H21NO5. The maximum Gasteiger partial charge on any atom is 0.328 e. The maximum absolute atomic E-state index is 12.3. The van der Waals surface area contributed by atoms with Crippen molar-refractivity contribution in [3.05, 3.63) is 65.7 Å². The van der Waals surface area contributed by atoms with Crippen molar-refractivity contribution in [3.8, 4) is 5.75 Å². The third kappa shape index (κ3) is 5.06. The number of esters is 1. The fourth-order valence-electron chi connectivity index (χ4n) is 2.41. The maximum atomic E-state index is 12.3. The molecule has 25 heavy (non-hydrogen) atoms. The van der Waals surface area contributed by atoms with Gasteiger partial charge in [-0.15, -0.1) is 0 Å². The van der Waals surface area contributed by atoms with E-state index in [1.165, 1.54) is 7.11 Å². The lowest BCUT2D eigenvalue weighted by Gasteiger charge is -2.19. The Balaban J connectivity index is 2.11. The predicted octanol–water partition coefficient (Wildman–Crippen LogP) is 1.63. The summed E-state index contributed by atoms with van der Waals surface area (Å²) < 4.78 is 9.92. The zero-order valence-corrected chi connectivity index (χ0v) is 14.1. The van der Waals surface area contributed by atoms with E-state index in [4.69, 9.17) is 9.47 Å². The average Bonchev–Trinajstić information content (AvgIpc) is 2.66. The highest BCUT2D eigenvalue weighted by Crippen LogP contribution is 2.16. The van der Waals surface area contributed by atoms with Crippen LogP contribution in [0.3, 0.4) is 0 Å². The molecule has 6 nitrogen and oxygen atoms in total. The van der Waals surface area contributed by atoms with Gasteiger partial charge in [0.2, 0.25) is 0 Å². The van der Waals surface area contributed by atoms with Gasteiger partial charge in [-0.2, -0.15) is 0 Å². The minimum atomic E-state index is -1.36. The molecule has 0 aliphatic heterocycles. The van der Waals surface area contributed by atoms with Crippen molar-refractivity contribution in [2.24, 2.45) is 0 Å². The zero-order chi connectivity index (χ0) is 18.2. The van der Waals surface area contributed by atoms with E-state index in [-0.39, 0.29) is 6.42 Å². The zero-order valence-electron chi connectivity index (χ0n) is 14.1. The topological polar surface area (TPSA) is 84.9 Å². The van der Waals surface area contributed by atoms with E-state index >= 15 is 0 Å². The highest BCUT2D eigenvalue weighted by molar-refractivity contribution is 5.87. The van der Waals surface area contributed by atoms with E-state index in [0.29, 0.717) is 11.3 Å². The van der Waals surface area contributed by atoms with Gasteiger partial charge in [-0.05, 0) is 23.3 Å². The van der Waals surface area contributed by atoms with Crippen molar-refractivity contribution in [1.82, 2.24) is 5.32 Å². The van der Waals surface area contributed by atoms with E-state index in [1.54, 1.807) is 55.6 Å². The number of hydrogen-bond donors (Lipinski definition) is 2. The second-order valence-corrected chi connectivity index (χ2v) is 5.45. The molecule has 0 radical (unpaired) electrons. The molecule has 132 valence electrons. The number of nitrogens with one attached hydrogen (secondary N) is 1. The number of carbonyl (C=O) groups is 2. The van der Waals surface area contributed by atoms with Crippen molar-refractivity contribution in [2.75, 3.05) is 14.2 Å². The van der Waals surface area contributed by atoms with Crippen LogP contribution in [0.25, 0.3) is 0 Å². The summed E-state index contributed by atoms with van der Waals surface area (Å²) in [7, 11) is 2.80. The summed E-state index contributed by atoms with van der Waals surface area (Å²) in [6, 6.07) is 14.8. The molecule has 0 saturated heterocycles. The predicted molar refractivity (Wildman–Crippen MR) is 92.0 cm³/mol. The van der Waals surface area contributed by atoms with Crippen molar-refractivity contribution in [1.29, 1.82) is 0 Å².